The molecule has 0 saturated heterocycles. The number of nitrogens with one attached hydrogen (secondary N) is 1. The van der Waals surface area contributed by atoms with Crippen molar-refractivity contribution >= 4 is 11.6 Å². The Labute approximate surface area is 116 Å². The van der Waals surface area contributed by atoms with Gasteiger partial charge in [0.15, 0.2) is 0 Å². The molecule has 1 heterocycles. The largest absolute Gasteiger partial charge is 0.366 e. The number of nitrogens with zero attached hydrogens (tertiary/aromatic N) is 3. The molecule has 3 N–H and O–H groups in total. The summed E-state index contributed by atoms with van der Waals surface area (Å²) in [5.41, 5.74) is 5.62. The predicted octanol–water partition coefficient (Wildman–Crippen LogP) is 2.03. The van der Waals surface area contributed by atoms with Crippen LogP contribution in [0, 0.1) is 12.8 Å². The van der Waals surface area contributed by atoms with Crippen molar-refractivity contribution in [2.45, 2.75) is 40.2 Å². The van der Waals surface area contributed by atoms with Crippen molar-refractivity contribution in [1.82, 2.24) is 9.97 Å². The summed E-state index contributed by atoms with van der Waals surface area (Å²) in [5, 5.41) is 3.29. The molecule has 5 heteroatoms. The monoisotopic (exact) mass is 265 g/mol. The Kier molecular flexibility index (Phi) is 6.02. The summed E-state index contributed by atoms with van der Waals surface area (Å²) < 4.78 is 0. The smallest absolute Gasteiger partial charge is 0.134 e. The van der Waals surface area contributed by atoms with Crippen LogP contribution in [0.15, 0.2) is 6.07 Å². The van der Waals surface area contributed by atoms with Crippen molar-refractivity contribution < 1.29 is 0 Å². The molecule has 0 aliphatic rings. The van der Waals surface area contributed by atoms with Crippen LogP contribution in [0.2, 0.25) is 0 Å². The second-order valence-electron chi connectivity index (χ2n) is 5.54. The van der Waals surface area contributed by atoms with Gasteiger partial charge in [0, 0.05) is 32.2 Å². The molecule has 0 radical (unpaired) electrons. The SMILES string of the molecule is Cc1nc(NC(C)CN)cc(N(C)CCC(C)C)n1. The third kappa shape index (κ3) is 5.42. The molecule has 0 aliphatic heterocycles. The molecule has 1 atom stereocenters. The van der Waals surface area contributed by atoms with Crippen LogP contribution in [0.25, 0.3) is 0 Å². The lowest BCUT2D eigenvalue weighted by Crippen LogP contribution is -2.26. The van der Waals surface area contributed by atoms with E-state index in [1.54, 1.807) is 0 Å². The first-order valence-electron chi connectivity index (χ1n) is 6.95. The number of nitrogens with two attached hydrogens (primary N) is 1. The minimum absolute atomic E-state index is 0.211. The van der Waals surface area contributed by atoms with E-state index in [4.69, 9.17) is 5.73 Å². The molecule has 0 amide bonds. The van der Waals surface area contributed by atoms with Crippen LogP contribution >= 0.6 is 0 Å². The Bertz CT molecular complexity index is 391. The molecule has 5 nitrogen and oxygen atoms in total. The molecular weight excluding hydrogens is 238 g/mol. The minimum Gasteiger partial charge on any atom is -0.366 e. The van der Waals surface area contributed by atoms with Gasteiger partial charge in [0.2, 0.25) is 0 Å². The third-order valence-corrected chi connectivity index (χ3v) is 3.01. The number of rotatable bonds is 7. The van der Waals surface area contributed by atoms with Crippen molar-refractivity contribution in [1.29, 1.82) is 0 Å². The summed E-state index contributed by atoms with van der Waals surface area (Å²) in [6.45, 7) is 10.0. The fourth-order valence-corrected chi connectivity index (χ4v) is 1.70. The summed E-state index contributed by atoms with van der Waals surface area (Å²) in [6, 6.07) is 2.20. The van der Waals surface area contributed by atoms with Gasteiger partial charge in [-0.25, -0.2) is 9.97 Å². The summed E-state index contributed by atoms with van der Waals surface area (Å²) in [6.07, 6.45) is 1.15. The van der Waals surface area contributed by atoms with Crippen LogP contribution in [0.5, 0.6) is 0 Å². The zero-order chi connectivity index (χ0) is 14.4. The lowest BCUT2D eigenvalue weighted by molar-refractivity contribution is 0.583. The first-order chi connectivity index (χ1) is 8.92. The van der Waals surface area contributed by atoms with Gasteiger partial charge < -0.3 is 16.0 Å². The first kappa shape index (κ1) is 15.7. The Balaban J connectivity index is 2.77. The normalized spacial score (nSPS) is 12.6. The maximum Gasteiger partial charge on any atom is 0.134 e. The van der Waals surface area contributed by atoms with E-state index in [1.165, 1.54) is 0 Å². The summed E-state index contributed by atoms with van der Waals surface area (Å²) in [5.74, 6) is 3.28. The number of anilines is 2. The van der Waals surface area contributed by atoms with E-state index in [-0.39, 0.29) is 6.04 Å². The molecule has 0 aromatic carbocycles. The third-order valence-electron chi connectivity index (χ3n) is 3.01. The standard InChI is InChI=1S/C14H27N5/c1-10(2)6-7-19(5)14-8-13(16-11(3)9-15)17-12(4)18-14/h8,10-11H,6-7,9,15H2,1-5H3,(H,16,17,18). The molecule has 108 valence electrons. The molecular formula is C14H27N5. The zero-order valence-electron chi connectivity index (χ0n) is 12.8. The minimum atomic E-state index is 0.211. The van der Waals surface area contributed by atoms with Gasteiger partial charge in [-0.1, -0.05) is 13.8 Å². The van der Waals surface area contributed by atoms with Crippen LogP contribution in [0.4, 0.5) is 11.6 Å². The van der Waals surface area contributed by atoms with Crippen molar-refractivity contribution in [3.05, 3.63) is 11.9 Å². The molecule has 0 spiro atoms. The molecule has 0 aliphatic carbocycles. The van der Waals surface area contributed by atoms with Crippen LogP contribution in [-0.2, 0) is 0 Å². The van der Waals surface area contributed by atoms with E-state index >= 15 is 0 Å². The molecule has 0 saturated carbocycles. The molecule has 1 aromatic heterocycles. The zero-order valence-corrected chi connectivity index (χ0v) is 12.8. The van der Waals surface area contributed by atoms with E-state index in [9.17, 15) is 0 Å². The first-order valence-corrected chi connectivity index (χ1v) is 6.95. The molecule has 0 bridgehead atoms. The number of hydrogen-bond acceptors (Lipinski definition) is 5. The van der Waals surface area contributed by atoms with Crippen molar-refractivity contribution in [2.75, 3.05) is 30.4 Å². The molecule has 1 unspecified atom stereocenters. The Hall–Kier alpha value is -1.36. The van der Waals surface area contributed by atoms with E-state index < -0.39 is 0 Å². The highest BCUT2D eigenvalue weighted by molar-refractivity contribution is 5.49. The van der Waals surface area contributed by atoms with Gasteiger partial charge in [-0.15, -0.1) is 0 Å². The van der Waals surface area contributed by atoms with E-state index in [1.807, 2.05) is 19.9 Å². The Morgan fingerprint density at radius 2 is 2.00 bits per heavy atom. The second kappa shape index (κ2) is 7.28. The topological polar surface area (TPSA) is 67.1 Å². The number of aromatic nitrogens is 2. The fourth-order valence-electron chi connectivity index (χ4n) is 1.70. The van der Waals surface area contributed by atoms with E-state index in [0.29, 0.717) is 12.5 Å². The second-order valence-corrected chi connectivity index (χ2v) is 5.54. The van der Waals surface area contributed by atoms with Gasteiger partial charge in [0.25, 0.3) is 0 Å². The lowest BCUT2D eigenvalue weighted by Gasteiger charge is -2.21. The molecule has 1 rings (SSSR count). The average molecular weight is 265 g/mol. The van der Waals surface area contributed by atoms with Crippen LogP contribution in [-0.4, -0.2) is 36.1 Å². The van der Waals surface area contributed by atoms with Crippen LogP contribution in [0.1, 0.15) is 33.0 Å². The number of hydrogen-bond donors (Lipinski definition) is 2. The van der Waals surface area contributed by atoms with Crippen LogP contribution in [0.3, 0.4) is 0 Å². The highest BCUT2D eigenvalue weighted by atomic mass is 15.2. The lowest BCUT2D eigenvalue weighted by atomic mass is 10.1. The van der Waals surface area contributed by atoms with Gasteiger partial charge in [-0.05, 0) is 26.2 Å². The Morgan fingerprint density at radius 3 is 2.58 bits per heavy atom. The fraction of sp³-hybridized carbons (Fsp3) is 0.714. The van der Waals surface area contributed by atoms with Crippen molar-refractivity contribution in [3.8, 4) is 0 Å². The van der Waals surface area contributed by atoms with Gasteiger partial charge in [-0.3, -0.25) is 0 Å². The highest BCUT2D eigenvalue weighted by Crippen LogP contribution is 2.16. The van der Waals surface area contributed by atoms with Gasteiger partial charge in [0.05, 0.1) is 0 Å². The molecule has 0 fully saturated rings. The maximum atomic E-state index is 5.62. The van der Waals surface area contributed by atoms with Crippen molar-refractivity contribution in [3.63, 3.8) is 0 Å². The van der Waals surface area contributed by atoms with Crippen LogP contribution < -0.4 is 16.0 Å². The van der Waals surface area contributed by atoms with E-state index in [0.717, 1.165) is 30.4 Å². The average Bonchev–Trinajstić information content (AvgIpc) is 2.34. The Morgan fingerprint density at radius 1 is 1.32 bits per heavy atom. The summed E-state index contributed by atoms with van der Waals surface area (Å²) in [7, 11) is 2.07. The van der Waals surface area contributed by atoms with Gasteiger partial charge in [-0.2, -0.15) is 0 Å². The maximum absolute atomic E-state index is 5.62. The summed E-state index contributed by atoms with van der Waals surface area (Å²) in [4.78, 5) is 11.1. The quantitative estimate of drug-likeness (QED) is 0.789. The highest BCUT2D eigenvalue weighted by Gasteiger charge is 2.08. The van der Waals surface area contributed by atoms with Gasteiger partial charge in [0.1, 0.15) is 17.5 Å². The molecule has 19 heavy (non-hydrogen) atoms. The summed E-state index contributed by atoms with van der Waals surface area (Å²) >= 11 is 0. The predicted molar refractivity (Wildman–Crippen MR) is 81.6 cm³/mol. The van der Waals surface area contributed by atoms with E-state index in [2.05, 4.69) is 41.1 Å². The van der Waals surface area contributed by atoms with Gasteiger partial charge >= 0.3 is 0 Å². The van der Waals surface area contributed by atoms with Crippen molar-refractivity contribution in [2.24, 2.45) is 11.7 Å². The molecule has 1 aromatic rings. The number of aryl methyl sites for hydroxylation is 1.